The highest BCUT2D eigenvalue weighted by Crippen LogP contribution is 2.08. The van der Waals surface area contributed by atoms with Crippen molar-refractivity contribution in [2.45, 2.75) is 25.9 Å². The summed E-state index contributed by atoms with van der Waals surface area (Å²) in [7, 11) is 0. The van der Waals surface area contributed by atoms with Gasteiger partial charge in [0, 0.05) is 18.3 Å². The van der Waals surface area contributed by atoms with E-state index >= 15 is 0 Å². The lowest BCUT2D eigenvalue weighted by Crippen LogP contribution is -2.21. The Bertz CT molecular complexity index is 186. The van der Waals surface area contributed by atoms with E-state index < -0.39 is 5.60 Å². The third-order valence-electron chi connectivity index (χ3n) is 1.18. The van der Waals surface area contributed by atoms with Crippen LogP contribution in [0.1, 0.15) is 19.5 Å². The Morgan fingerprint density at radius 1 is 1.70 bits per heavy atom. The van der Waals surface area contributed by atoms with Gasteiger partial charge < -0.3 is 5.11 Å². The molecule has 0 aliphatic rings. The van der Waals surface area contributed by atoms with Crippen LogP contribution in [0.4, 0.5) is 0 Å². The van der Waals surface area contributed by atoms with Crippen LogP contribution in [0.3, 0.4) is 0 Å². The summed E-state index contributed by atoms with van der Waals surface area (Å²) in [5, 5.41) is 15.9. The lowest BCUT2D eigenvalue weighted by Gasteiger charge is -2.14. The van der Waals surface area contributed by atoms with Crippen LogP contribution in [0.15, 0.2) is 12.3 Å². The van der Waals surface area contributed by atoms with Gasteiger partial charge in [0.25, 0.3) is 0 Å². The van der Waals surface area contributed by atoms with Gasteiger partial charge in [-0.15, -0.1) is 0 Å². The van der Waals surface area contributed by atoms with Crippen molar-refractivity contribution in [1.29, 1.82) is 0 Å². The van der Waals surface area contributed by atoms with E-state index in [1.165, 1.54) is 0 Å². The molecule has 0 aliphatic heterocycles. The van der Waals surface area contributed by atoms with Crippen molar-refractivity contribution in [3.05, 3.63) is 18.0 Å². The molecule has 1 heterocycles. The summed E-state index contributed by atoms with van der Waals surface area (Å²) in [4.78, 5) is 0. The predicted octanol–water partition coefficient (Wildman–Crippen LogP) is 0.723. The van der Waals surface area contributed by atoms with Crippen LogP contribution < -0.4 is 0 Å². The Labute approximate surface area is 60.1 Å². The van der Waals surface area contributed by atoms with Crippen molar-refractivity contribution in [1.82, 2.24) is 10.2 Å². The summed E-state index contributed by atoms with van der Waals surface area (Å²) in [5.41, 5.74) is 0.319. The van der Waals surface area contributed by atoms with E-state index in [-0.39, 0.29) is 0 Å². The third-order valence-corrected chi connectivity index (χ3v) is 1.18. The summed E-state index contributed by atoms with van der Waals surface area (Å²) >= 11 is 0. The first kappa shape index (κ1) is 7.28. The maximum atomic E-state index is 9.34. The van der Waals surface area contributed by atoms with Gasteiger partial charge in [0.05, 0.1) is 5.60 Å². The molecule has 0 atom stereocenters. The Kier molecular flexibility index (Phi) is 1.76. The van der Waals surface area contributed by atoms with Gasteiger partial charge in [-0.3, -0.25) is 5.10 Å². The molecule has 0 amide bonds. The molecule has 0 aromatic carbocycles. The predicted molar refractivity (Wildman–Crippen MR) is 38.6 cm³/mol. The fourth-order valence-corrected chi connectivity index (χ4v) is 0.849. The molecule has 10 heavy (non-hydrogen) atoms. The van der Waals surface area contributed by atoms with E-state index in [0.29, 0.717) is 6.42 Å². The molecule has 0 spiro atoms. The van der Waals surface area contributed by atoms with Crippen LogP contribution in [-0.2, 0) is 6.42 Å². The Hall–Kier alpha value is -0.830. The number of rotatable bonds is 2. The first-order valence-corrected chi connectivity index (χ1v) is 3.28. The molecule has 3 heteroatoms. The van der Waals surface area contributed by atoms with Gasteiger partial charge in [0.2, 0.25) is 0 Å². The van der Waals surface area contributed by atoms with E-state index in [9.17, 15) is 5.11 Å². The average molecular weight is 140 g/mol. The quantitative estimate of drug-likeness (QED) is 0.636. The minimum atomic E-state index is -0.646. The molecule has 1 aromatic rings. The molecule has 0 fully saturated rings. The fourth-order valence-electron chi connectivity index (χ4n) is 0.849. The zero-order valence-corrected chi connectivity index (χ0v) is 6.26. The van der Waals surface area contributed by atoms with E-state index in [2.05, 4.69) is 10.2 Å². The van der Waals surface area contributed by atoms with Crippen LogP contribution in [-0.4, -0.2) is 20.9 Å². The average Bonchev–Trinajstić information content (AvgIpc) is 2.12. The van der Waals surface area contributed by atoms with Crippen LogP contribution in [0.2, 0.25) is 0 Å². The molecule has 56 valence electrons. The number of aliphatic hydroxyl groups is 1. The molecule has 0 unspecified atom stereocenters. The van der Waals surface area contributed by atoms with Crippen LogP contribution in [0.25, 0.3) is 0 Å². The maximum Gasteiger partial charge on any atom is 0.0646 e. The highest BCUT2D eigenvalue weighted by Gasteiger charge is 2.13. The van der Waals surface area contributed by atoms with E-state index in [4.69, 9.17) is 0 Å². The summed E-state index contributed by atoms with van der Waals surface area (Å²) in [6.07, 6.45) is 2.30. The first-order valence-electron chi connectivity index (χ1n) is 3.28. The number of H-pyrrole nitrogens is 1. The molecule has 0 bridgehead atoms. The van der Waals surface area contributed by atoms with Crippen molar-refractivity contribution in [3.8, 4) is 0 Å². The molecule has 2 N–H and O–H groups in total. The van der Waals surface area contributed by atoms with Crippen molar-refractivity contribution in [2.24, 2.45) is 0 Å². The van der Waals surface area contributed by atoms with Gasteiger partial charge in [-0.2, -0.15) is 5.10 Å². The molecule has 0 radical (unpaired) electrons. The van der Waals surface area contributed by atoms with Crippen LogP contribution >= 0.6 is 0 Å². The number of nitrogens with zero attached hydrogens (tertiary/aromatic N) is 1. The number of nitrogens with one attached hydrogen (secondary N) is 1. The van der Waals surface area contributed by atoms with E-state index in [1.807, 2.05) is 6.07 Å². The Morgan fingerprint density at radius 2 is 2.40 bits per heavy atom. The fraction of sp³-hybridized carbons (Fsp3) is 0.571. The molecule has 1 rings (SSSR count). The summed E-state index contributed by atoms with van der Waals surface area (Å²) in [5.74, 6) is 0. The lowest BCUT2D eigenvalue weighted by molar-refractivity contribution is 0.0799. The number of hydrogen-bond acceptors (Lipinski definition) is 2. The van der Waals surface area contributed by atoms with E-state index in [0.717, 1.165) is 5.69 Å². The Balaban J connectivity index is 2.57. The number of hydrogen-bond donors (Lipinski definition) is 2. The largest absolute Gasteiger partial charge is 0.390 e. The second-order valence-corrected chi connectivity index (χ2v) is 3.07. The summed E-state index contributed by atoms with van der Waals surface area (Å²) in [6, 6.07) is 1.86. The minimum absolute atomic E-state index is 0.618. The normalized spacial score (nSPS) is 11.9. The van der Waals surface area contributed by atoms with Gasteiger partial charge in [0.1, 0.15) is 0 Å². The molecular weight excluding hydrogens is 128 g/mol. The van der Waals surface area contributed by atoms with Crippen LogP contribution in [0, 0.1) is 0 Å². The van der Waals surface area contributed by atoms with Crippen molar-refractivity contribution < 1.29 is 5.11 Å². The zero-order chi connectivity index (χ0) is 7.61. The Morgan fingerprint density at radius 3 is 2.80 bits per heavy atom. The maximum absolute atomic E-state index is 9.34. The smallest absolute Gasteiger partial charge is 0.0646 e. The van der Waals surface area contributed by atoms with Gasteiger partial charge >= 0.3 is 0 Å². The molecular formula is C7H12N2O. The minimum Gasteiger partial charge on any atom is -0.390 e. The lowest BCUT2D eigenvalue weighted by atomic mass is 10.0. The highest BCUT2D eigenvalue weighted by molar-refractivity contribution is 5.00. The molecule has 3 nitrogen and oxygen atoms in total. The molecule has 0 aliphatic carbocycles. The van der Waals surface area contributed by atoms with E-state index in [1.54, 1.807) is 20.0 Å². The third kappa shape index (κ3) is 2.19. The van der Waals surface area contributed by atoms with Gasteiger partial charge in [-0.1, -0.05) is 0 Å². The summed E-state index contributed by atoms with van der Waals surface area (Å²) in [6.45, 7) is 3.54. The van der Waals surface area contributed by atoms with Crippen molar-refractivity contribution >= 4 is 0 Å². The van der Waals surface area contributed by atoms with Crippen molar-refractivity contribution in [3.63, 3.8) is 0 Å². The van der Waals surface area contributed by atoms with Gasteiger partial charge in [0.15, 0.2) is 0 Å². The molecule has 0 saturated carbocycles. The van der Waals surface area contributed by atoms with Gasteiger partial charge in [-0.25, -0.2) is 0 Å². The second-order valence-electron chi connectivity index (χ2n) is 3.07. The summed E-state index contributed by atoms with van der Waals surface area (Å²) < 4.78 is 0. The number of aromatic amines is 1. The standard InChI is InChI=1S/C7H12N2O/c1-7(2,10)5-6-3-4-8-9-6/h3-4,10H,5H2,1-2H3,(H,8,9). The monoisotopic (exact) mass is 140 g/mol. The molecule has 0 saturated heterocycles. The SMILES string of the molecule is CC(C)(O)Cc1ccn[nH]1. The zero-order valence-electron chi connectivity index (χ0n) is 6.26. The van der Waals surface area contributed by atoms with Gasteiger partial charge in [-0.05, 0) is 19.9 Å². The second kappa shape index (κ2) is 2.42. The highest BCUT2D eigenvalue weighted by atomic mass is 16.3. The topological polar surface area (TPSA) is 48.9 Å². The van der Waals surface area contributed by atoms with Crippen molar-refractivity contribution in [2.75, 3.05) is 0 Å². The number of aromatic nitrogens is 2. The van der Waals surface area contributed by atoms with Crippen LogP contribution in [0.5, 0.6) is 0 Å². The molecule has 1 aromatic heterocycles. The first-order chi connectivity index (χ1) is 4.58.